The van der Waals surface area contributed by atoms with Gasteiger partial charge in [0.2, 0.25) is 0 Å². The van der Waals surface area contributed by atoms with Gasteiger partial charge in [-0.25, -0.2) is 14.4 Å². The van der Waals surface area contributed by atoms with Crippen LogP contribution in [-0.4, -0.2) is 9.97 Å². The molecular formula is C6H5FN2. The van der Waals surface area contributed by atoms with Gasteiger partial charge >= 0.3 is 0 Å². The van der Waals surface area contributed by atoms with Crippen LogP contribution >= 0.6 is 0 Å². The highest BCUT2D eigenvalue weighted by molar-refractivity contribution is 5.47. The van der Waals surface area contributed by atoms with Gasteiger partial charge in [-0.15, -0.1) is 0 Å². The van der Waals surface area contributed by atoms with E-state index in [1.165, 1.54) is 12.4 Å². The molecule has 0 aliphatic rings. The molecule has 46 valence electrons. The van der Waals surface area contributed by atoms with Crippen molar-refractivity contribution < 1.29 is 4.39 Å². The third-order valence-electron chi connectivity index (χ3n) is 0.808. The van der Waals surface area contributed by atoms with E-state index in [1.54, 1.807) is 6.07 Å². The lowest BCUT2D eigenvalue weighted by atomic mass is 10.5. The van der Waals surface area contributed by atoms with Gasteiger partial charge in [0.25, 0.3) is 0 Å². The van der Waals surface area contributed by atoms with Crippen LogP contribution in [0.3, 0.4) is 0 Å². The van der Waals surface area contributed by atoms with Crippen molar-refractivity contribution in [3.05, 3.63) is 30.9 Å². The summed E-state index contributed by atoms with van der Waals surface area (Å²) in [5.41, 5.74) is 0. The second-order valence-corrected chi connectivity index (χ2v) is 1.48. The monoisotopic (exact) mass is 124 g/mol. The van der Waals surface area contributed by atoms with Crippen molar-refractivity contribution >= 4 is 5.83 Å². The summed E-state index contributed by atoms with van der Waals surface area (Å²) in [4.78, 5) is 7.19. The predicted octanol–water partition coefficient (Wildman–Crippen LogP) is 1.42. The van der Waals surface area contributed by atoms with E-state index in [0.29, 0.717) is 0 Å². The fourth-order valence-electron chi connectivity index (χ4n) is 0.439. The fraction of sp³-hybridized carbons (Fsp3) is 0. The summed E-state index contributed by atoms with van der Waals surface area (Å²) >= 11 is 0. The van der Waals surface area contributed by atoms with Crippen molar-refractivity contribution in [1.82, 2.24) is 9.97 Å². The lowest BCUT2D eigenvalue weighted by Crippen LogP contribution is -1.85. The molecule has 1 heterocycles. The Morgan fingerprint density at radius 3 is 2.33 bits per heavy atom. The minimum atomic E-state index is -0.601. The molecule has 1 aromatic rings. The van der Waals surface area contributed by atoms with E-state index in [0.717, 1.165) is 0 Å². The molecule has 0 atom stereocenters. The molecule has 0 N–H and O–H groups in total. The van der Waals surface area contributed by atoms with Gasteiger partial charge in [-0.05, 0) is 6.07 Å². The SMILES string of the molecule is C=C(F)c1ncccn1. The standard InChI is InChI=1S/C6H5FN2/c1-5(7)6-8-3-2-4-9-6/h2-4H,1H2. The van der Waals surface area contributed by atoms with Crippen molar-refractivity contribution in [2.75, 3.05) is 0 Å². The second kappa shape index (κ2) is 2.35. The average molecular weight is 124 g/mol. The van der Waals surface area contributed by atoms with Crippen molar-refractivity contribution in [3.63, 3.8) is 0 Å². The van der Waals surface area contributed by atoms with Gasteiger partial charge in [0.15, 0.2) is 11.7 Å². The van der Waals surface area contributed by atoms with Crippen LogP contribution in [0.2, 0.25) is 0 Å². The summed E-state index contributed by atoms with van der Waals surface area (Å²) in [6.45, 7) is 3.03. The summed E-state index contributed by atoms with van der Waals surface area (Å²) in [6.07, 6.45) is 2.93. The highest BCUT2D eigenvalue weighted by Crippen LogP contribution is 2.03. The first kappa shape index (κ1) is 5.88. The molecule has 1 rings (SSSR count). The molecule has 0 saturated carbocycles. The number of hydrogen-bond acceptors (Lipinski definition) is 2. The van der Waals surface area contributed by atoms with Crippen LogP contribution in [0.1, 0.15) is 5.82 Å². The molecule has 0 fully saturated rings. The van der Waals surface area contributed by atoms with E-state index in [2.05, 4.69) is 16.5 Å². The Bertz CT molecular complexity index is 208. The molecule has 0 radical (unpaired) electrons. The van der Waals surface area contributed by atoms with Gasteiger partial charge in [0, 0.05) is 12.4 Å². The Labute approximate surface area is 52.1 Å². The van der Waals surface area contributed by atoms with E-state index in [9.17, 15) is 4.39 Å². The molecule has 0 spiro atoms. The smallest absolute Gasteiger partial charge is 0.187 e. The summed E-state index contributed by atoms with van der Waals surface area (Å²) in [6, 6.07) is 1.62. The largest absolute Gasteiger partial charge is 0.235 e. The van der Waals surface area contributed by atoms with Crippen molar-refractivity contribution in [2.24, 2.45) is 0 Å². The molecule has 2 nitrogen and oxygen atoms in total. The van der Waals surface area contributed by atoms with Crippen molar-refractivity contribution in [2.45, 2.75) is 0 Å². The highest BCUT2D eigenvalue weighted by atomic mass is 19.1. The molecule has 3 heteroatoms. The summed E-state index contributed by atoms with van der Waals surface area (Å²) < 4.78 is 12.1. The van der Waals surface area contributed by atoms with E-state index < -0.39 is 5.83 Å². The van der Waals surface area contributed by atoms with Gasteiger partial charge in [0.1, 0.15) is 0 Å². The number of rotatable bonds is 1. The number of nitrogens with zero attached hydrogens (tertiary/aromatic N) is 2. The van der Waals surface area contributed by atoms with Crippen LogP contribution in [-0.2, 0) is 0 Å². The molecule has 9 heavy (non-hydrogen) atoms. The third kappa shape index (κ3) is 1.32. The minimum Gasteiger partial charge on any atom is -0.235 e. The maximum Gasteiger partial charge on any atom is 0.187 e. The van der Waals surface area contributed by atoms with Crippen molar-refractivity contribution in [3.8, 4) is 0 Å². The van der Waals surface area contributed by atoms with E-state index in [1.807, 2.05) is 0 Å². The van der Waals surface area contributed by atoms with Crippen LogP contribution in [0.4, 0.5) is 4.39 Å². The molecule has 0 aliphatic carbocycles. The zero-order valence-electron chi connectivity index (χ0n) is 4.71. The zero-order valence-corrected chi connectivity index (χ0v) is 4.71. The first-order valence-electron chi connectivity index (χ1n) is 2.42. The Morgan fingerprint density at radius 2 is 2.00 bits per heavy atom. The molecule has 0 aliphatic heterocycles. The molecule has 0 aromatic carbocycles. The lowest BCUT2D eigenvalue weighted by Gasteiger charge is -1.88. The van der Waals surface area contributed by atoms with Crippen LogP contribution < -0.4 is 0 Å². The summed E-state index contributed by atoms with van der Waals surface area (Å²) in [7, 11) is 0. The zero-order chi connectivity index (χ0) is 6.69. The van der Waals surface area contributed by atoms with Crippen LogP contribution in [0.5, 0.6) is 0 Å². The maximum absolute atomic E-state index is 12.1. The minimum absolute atomic E-state index is 0.0532. The number of aromatic nitrogens is 2. The Morgan fingerprint density at radius 1 is 1.44 bits per heavy atom. The van der Waals surface area contributed by atoms with Gasteiger partial charge < -0.3 is 0 Å². The molecule has 0 bridgehead atoms. The fourth-order valence-corrected chi connectivity index (χ4v) is 0.439. The Balaban J connectivity index is 2.98. The maximum atomic E-state index is 12.1. The average Bonchev–Trinajstić information content (AvgIpc) is 1.90. The first-order valence-corrected chi connectivity index (χ1v) is 2.42. The third-order valence-corrected chi connectivity index (χ3v) is 0.808. The van der Waals surface area contributed by atoms with E-state index in [-0.39, 0.29) is 5.82 Å². The van der Waals surface area contributed by atoms with Gasteiger partial charge in [0.05, 0.1) is 0 Å². The highest BCUT2D eigenvalue weighted by Gasteiger charge is 1.95. The van der Waals surface area contributed by atoms with Gasteiger partial charge in [-0.2, -0.15) is 0 Å². The van der Waals surface area contributed by atoms with Gasteiger partial charge in [-0.1, -0.05) is 6.58 Å². The molecule has 1 aromatic heterocycles. The Hall–Kier alpha value is -1.25. The van der Waals surface area contributed by atoms with Crippen molar-refractivity contribution in [1.29, 1.82) is 0 Å². The second-order valence-electron chi connectivity index (χ2n) is 1.48. The van der Waals surface area contributed by atoms with Crippen LogP contribution in [0, 0.1) is 0 Å². The van der Waals surface area contributed by atoms with E-state index in [4.69, 9.17) is 0 Å². The lowest BCUT2D eigenvalue weighted by molar-refractivity contribution is 0.745. The number of hydrogen-bond donors (Lipinski definition) is 0. The van der Waals surface area contributed by atoms with E-state index >= 15 is 0 Å². The molecule has 0 amide bonds. The first-order chi connectivity index (χ1) is 4.30. The van der Waals surface area contributed by atoms with Crippen LogP contribution in [0.15, 0.2) is 25.0 Å². The quantitative estimate of drug-likeness (QED) is 0.565. The number of halogens is 1. The summed E-state index contributed by atoms with van der Waals surface area (Å²) in [5.74, 6) is -0.548. The molecule has 0 unspecified atom stereocenters. The normalized spacial score (nSPS) is 9.00. The Kier molecular flexibility index (Phi) is 1.53. The molecule has 0 saturated heterocycles. The summed E-state index contributed by atoms with van der Waals surface area (Å²) in [5, 5.41) is 0. The van der Waals surface area contributed by atoms with Gasteiger partial charge in [-0.3, -0.25) is 0 Å². The predicted molar refractivity (Wildman–Crippen MR) is 32.2 cm³/mol. The van der Waals surface area contributed by atoms with Crippen LogP contribution in [0.25, 0.3) is 5.83 Å². The topological polar surface area (TPSA) is 25.8 Å². The molecular weight excluding hydrogens is 119 g/mol.